The molecular weight excluding hydrogens is 355 g/mol. The summed E-state index contributed by atoms with van der Waals surface area (Å²) >= 11 is 0. The molecule has 148 valence electrons. The van der Waals surface area contributed by atoms with Crippen LogP contribution in [0.25, 0.3) is 0 Å². The van der Waals surface area contributed by atoms with Gasteiger partial charge >= 0.3 is 0 Å². The number of hydrogen-bond donors (Lipinski definition) is 0. The molecule has 5 nitrogen and oxygen atoms in total. The maximum absolute atomic E-state index is 14.0. The molecule has 0 unspecified atom stereocenters. The van der Waals surface area contributed by atoms with Crippen molar-refractivity contribution < 1.29 is 9.18 Å². The molecule has 6 heteroatoms. The fraction of sp³-hybridized carbons (Fsp3) is 0.455. The number of hydrogen-bond acceptors (Lipinski definition) is 4. The standard InChI is InChI=1S/C22H27FN4O/c1-17-8-10-27(11-9-17)22(28)20-7-6-18(16-24-20)25-12-14-26(15-13-25)21-5-3-2-4-19(21)23/h2-7,16-17H,8-15H2,1H3. The molecule has 4 rings (SSSR count). The molecule has 1 amide bonds. The van der Waals surface area contributed by atoms with Crippen LogP contribution in [0.15, 0.2) is 42.6 Å². The van der Waals surface area contributed by atoms with E-state index in [1.807, 2.05) is 29.2 Å². The lowest BCUT2D eigenvalue weighted by molar-refractivity contribution is 0.0691. The molecule has 0 saturated carbocycles. The fourth-order valence-corrected chi connectivity index (χ4v) is 3.99. The summed E-state index contributed by atoms with van der Waals surface area (Å²) in [6.07, 6.45) is 3.92. The monoisotopic (exact) mass is 382 g/mol. The van der Waals surface area contributed by atoms with Crippen LogP contribution in [0.1, 0.15) is 30.3 Å². The summed E-state index contributed by atoms with van der Waals surface area (Å²) in [6.45, 7) is 6.99. The predicted octanol–water partition coefficient (Wildman–Crippen LogP) is 3.42. The van der Waals surface area contributed by atoms with E-state index in [2.05, 4.69) is 21.7 Å². The van der Waals surface area contributed by atoms with E-state index in [-0.39, 0.29) is 11.7 Å². The zero-order valence-corrected chi connectivity index (χ0v) is 16.4. The third kappa shape index (κ3) is 3.96. The Balaban J connectivity index is 1.36. The third-order valence-electron chi connectivity index (χ3n) is 5.88. The van der Waals surface area contributed by atoms with Crippen molar-refractivity contribution >= 4 is 17.3 Å². The van der Waals surface area contributed by atoms with Gasteiger partial charge in [0.1, 0.15) is 11.5 Å². The Bertz CT molecular complexity index is 810. The molecule has 3 heterocycles. The Morgan fingerprint density at radius 1 is 0.964 bits per heavy atom. The van der Waals surface area contributed by atoms with Crippen LogP contribution in [0.2, 0.25) is 0 Å². The van der Waals surface area contributed by atoms with Crippen LogP contribution in [0.3, 0.4) is 0 Å². The first-order valence-corrected chi connectivity index (χ1v) is 10.1. The molecule has 2 aliphatic heterocycles. The van der Waals surface area contributed by atoms with E-state index in [1.165, 1.54) is 6.07 Å². The number of halogens is 1. The quantitative estimate of drug-likeness (QED) is 0.816. The lowest BCUT2D eigenvalue weighted by Gasteiger charge is -2.37. The number of carbonyl (C=O) groups excluding carboxylic acids is 1. The molecular formula is C22H27FN4O. The van der Waals surface area contributed by atoms with Crippen LogP contribution in [0, 0.1) is 11.7 Å². The lowest BCUT2D eigenvalue weighted by atomic mass is 9.99. The molecule has 28 heavy (non-hydrogen) atoms. The van der Waals surface area contributed by atoms with Gasteiger partial charge in [-0.05, 0) is 43.0 Å². The number of benzene rings is 1. The second kappa shape index (κ2) is 8.17. The van der Waals surface area contributed by atoms with Crippen molar-refractivity contribution in [2.45, 2.75) is 19.8 Å². The normalized spacial score (nSPS) is 18.4. The molecule has 1 aromatic heterocycles. The molecule has 2 fully saturated rings. The van der Waals surface area contributed by atoms with Crippen molar-refractivity contribution in [2.75, 3.05) is 49.1 Å². The van der Waals surface area contributed by atoms with E-state index in [1.54, 1.807) is 12.3 Å². The summed E-state index contributed by atoms with van der Waals surface area (Å²) in [7, 11) is 0. The summed E-state index contributed by atoms with van der Waals surface area (Å²) in [4.78, 5) is 23.3. The summed E-state index contributed by atoms with van der Waals surface area (Å²) in [6, 6.07) is 10.7. The van der Waals surface area contributed by atoms with Gasteiger partial charge in [-0.1, -0.05) is 19.1 Å². The largest absolute Gasteiger partial charge is 0.367 e. The Kier molecular flexibility index (Phi) is 5.46. The average Bonchev–Trinajstić information content (AvgIpc) is 2.74. The van der Waals surface area contributed by atoms with Crippen LogP contribution in [-0.2, 0) is 0 Å². The minimum atomic E-state index is -0.174. The minimum Gasteiger partial charge on any atom is -0.367 e. The molecule has 0 aliphatic carbocycles. The van der Waals surface area contributed by atoms with Gasteiger partial charge in [-0.2, -0.15) is 0 Å². The number of piperazine rings is 1. The van der Waals surface area contributed by atoms with E-state index in [0.29, 0.717) is 17.3 Å². The van der Waals surface area contributed by atoms with Gasteiger partial charge in [-0.25, -0.2) is 9.37 Å². The lowest BCUT2D eigenvalue weighted by Crippen LogP contribution is -2.46. The smallest absolute Gasteiger partial charge is 0.272 e. The van der Waals surface area contributed by atoms with Crippen LogP contribution >= 0.6 is 0 Å². The van der Waals surface area contributed by atoms with Gasteiger partial charge in [-0.3, -0.25) is 4.79 Å². The summed E-state index contributed by atoms with van der Waals surface area (Å²) in [5, 5.41) is 0. The van der Waals surface area contributed by atoms with Gasteiger partial charge in [-0.15, -0.1) is 0 Å². The number of aromatic nitrogens is 1. The Morgan fingerprint density at radius 3 is 2.29 bits per heavy atom. The van der Waals surface area contributed by atoms with Crippen molar-refractivity contribution in [3.63, 3.8) is 0 Å². The van der Waals surface area contributed by atoms with Crippen molar-refractivity contribution in [2.24, 2.45) is 5.92 Å². The van der Waals surface area contributed by atoms with E-state index < -0.39 is 0 Å². The zero-order chi connectivity index (χ0) is 19.5. The molecule has 1 aromatic carbocycles. The van der Waals surface area contributed by atoms with Gasteiger partial charge in [0.2, 0.25) is 0 Å². The highest BCUT2D eigenvalue weighted by molar-refractivity contribution is 5.92. The SMILES string of the molecule is CC1CCN(C(=O)c2ccc(N3CCN(c4ccccc4F)CC3)cn2)CC1. The molecule has 2 aromatic rings. The average molecular weight is 382 g/mol. The van der Waals surface area contributed by atoms with Crippen LogP contribution < -0.4 is 9.80 Å². The summed E-state index contributed by atoms with van der Waals surface area (Å²) < 4.78 is 14.0. The van der Waals surface area contributed by atoms with Crippen LogP contribution in [0.5, 0.6) is 0 Å². The number of para-hydroxylation sites is 1. The maximum atomic E-state index is 14.0. The number of rotatable bonds is 3. The summed E-state index contributed by atoms with van der Waals surface area (Å²) in [5.41, 5.74) is 2.19. The molecule has 0 spiro atoms. The number of nitrogens with zero attached hydrogens (tertiary/aromatic N) is 4. The second-order valence-electron chi connectivity index (χ2n) is 7.80. The van der Waals surface area contributed by atoms with Crippen molar-refractivity contribution in [3.8, 4) is 0 Å². The number of piperidine rings is 1. The molecule has 0 atom stereocenters. The predicted molar refractivity (Wildman–Crippen MR) is 109 cm³/mol. The fourth-order valence-electron chi connectivity index (χ4n) is 3.99. The molecule has 0 N–H and O–H groups in total. The van der Waals surface area contributed by atoms with E-state index in [9.17, 15) is 9.18 Å². The first kappa shape index (κ1) is 18.7. The zero-order valence-electron chi connectivity index (χ0n) is 16.4. The van der Waals surface area contributed by atoms with E-state index >= 15 is 0 Å². The molecule has 2 aliphatic rings. The van der Waals surface area contributed by atoms with E-state index in [0.717, 1.165) is 57.8 Å². The third-order valence-corrected chi connectivity index (χ3v) is 5.88. The van der Waals surface area contributed by atoms with Crippen LogP contribution in [-0.4, -0.2) is 55.1 Å². The number of likely N-dealkylation sites (tertiary alicyclic amines) is 1. The second-order valence-corrected chi connectivity index (χ2v) is 7.80. The molecule has 0 radical (unpaired) electrons. The summed E-state index contributed by atoms with van der Waals surface area (Å²) in [5.74, 6) is 0.554. The topological polar surface area (TPSA) is 39.7 Å². The van der Waals surface area contributed by atoms with E-state index in [4.69, 9.17) is 0 Å². The highest BCUT2D eigenvalue weighted by atomic mass is 19.1. The van der Waals surface area contributed by atoms with Gasteiger partial charge < -0.3 is 14.7 Å². The Morgan fingerprint density at radius 2 is 1.64 bits per heavy atom. The van der Waals surface area contributed by atoms with Crippen LogP contribution in [0.4, 0.5) is 15.8 Å². The van der Waals surface area contributed by atoms with Crippen molar-refractivity contribution in [1.82, 2.24) is 9.88 Å². The van der Waals surface area contributed by atoms with Gasteiger partial charge in [0, 0.05) is 39.3 Å². The highest BCUT2D eigenvalue weighted by Gasteiger charge is 2.23. The Hall–Kier alpha value is -2.63. The van der Waals surface area contributed by atoms with Gasteiger partial charge in [0.15, 0.2) is 0 Å². The highest BCUT2D eigenvalue weighted by Crippen LogP contribution is 2.23. The van der Waals surface area contributed by atoms with Gasteiger partial charge in [0.25, 0.3) is 5.91 Å². The van der Waals surface area contributed by atoms with Crippen molar-refractivity contribution in [3.05, 3.63) is 54.1 Å². The Labute approximate surface area is 165 Å². The van der Waals surface area contributed by atoms with Gasteiger partial charge in [0.05, 0.1) is 17.6 Å². The number of carbonyl (C=O) groups is 1. The molecule has 0 bridgehead atoms. The number of pyridine rings is 1. The molecule has 2 saturated heterocycles. The first-order chi connectivity index (χ1) is 13.6. The number of anilines is 2. The maximum Gasteiger partial charge on any atom is 0.272 e. The number of amides is 1. The van der Waals surface area contributed by atoms with Crippen molar-refractivity contribution in [1.29, 1.82) is 0 Å². The first-order valence-electron chi connectivity index (χ1n) is 10.1. The minimum absolute atomic E-state index is 0.0304.